The highest BCUT2D eigenvalue weighted by atomic mass is 32.2. The summed E-state index contributed by atoms with van der Waals surface area (Å²) in [4.78, 5) is 5.16. The van der Waals surface area contributed by atoms with Crippen LogP contribution in [0.15, 0.2) is 63.4 Å². The minimum atomic E-state index is -4.36. The number of nitrogens with one attached hydrogen (secondary N) is 1. The smallest absolute Gasteiger partial charge is 0.361 e. The third-order valence-corrected chi connectivity index (χ3v) is 6.81. The number of aliphatic imine (C=N–C) groups is 1. The molecule has 0 aliphatic carbocycles. The number of allylic oxidation sites excluding steroid dienone is 1. The zero-order valence-electron chi connectivity index (χ0n) is 19.0. The predicted octanol–water partition coefficient (Wildman–Crippen LogP) is 6.02. The minimum absolute atomic E-state index is 0.450. The first-order valence-electron chi connectivity index (χ1n) is 10.0. The molecule has 3 rings (SSSR count). The third kappa shape index (κ3) is 6.32. The van der Waals surface area contributed by atoms with Crippen LogP contribution in [0.2, 0.25) is 0 Å². The first-order chi connectivity index (χ1) is 16.1. The normalized spacial score (nSPS) is 12.8. The summed E-state index contributed by atoms with van der Waals surface area (Å²) < 4.78 is 45.2. The third-order valence-electron chi connectivity index (χ3n) is 4.48. The lowest BCUT2D eigenvalue weighted by Crippen LogP contribution is -2.06. The fraction of sp³-hybridized carbons (Fsp3) is 0.273. The highest BCUT2D eigenvalue weighted by Crippen LogP contribution is 2.32. The lowest BCUT2D eigenvalue weighted by Gasteiger charge is -2.11. The number of thioether (sulfide) groups is 2. The van der Waals surface area contributed by atoms with Crippen molar-refractivity contribution in [2.75, 3.05) is 18.1 Å². The summed E-state index contributed by atoms with van der Waals surface area (Å²) >= 11 is 2.82. The Morgan fingerprint density at radius 1 is 1.26 bits per heavy atom. The molecule has 0 atom stereocenters. The molecule has 1 aromatic carbocycles. The molecular formula is C22H23F3N6OS2. The number of halogens is 3. The van der Waals surface area contributed by atoms with Crippen LogP contribution in [0.4, 0.5) is 18.9 Å². The Balaban J connectivity index is 1.62. The molecule has 12 heteroatoms. The molecule has 0 aliphatic heterocycles. The first-order valence-corrected chi connectivity index (χ1v) is 11.8. The van der Waals surface area contributed by atoms with Crippen molar-refractivity contribution in [3.05, 3.63) is 71.5 Å². The number of anilines is 1. The Morgan fingerprint density at radius 2 is 1.97 bits per heavy atom. The van der Waals surface area contributed by atoms with E-state index in [4.69, 9.17) is 4.52 Å². The number of aryl methyl sites for hydroxylation is 1. The summed E-state index contributed by atoms with van der Waals surface area (Å²) in [6, 6.07) is 6.62. The van der Waals surface area contributed by atoms with Crippen molar-refractivity contribution in [1.82, 2.24) is 19.9 Å². The standard InChI is InChI=1S/C22H23F3N6OS2/c1-6-18(34-20(26-4)17-11-14(3)32-30-17)19-28-29-21(31(19)5)33-12-13(2)27-16-9-7-15(8-10-16)22(23,24)25/h6-11,27H,2,12H2,1,3-5H3/b18-6+,26-20?. The average Bonchev–Trinajstić information content (AvgIpc) is 3.38. The van der Waals surface area contributed by atoms with Gasteiger partial charge in [0.15, 0.2) is 11.0 Å². The number of alkyl halides is 3. The number of hydrogen-bond acceptors (Lipinski definition) is 8. The van der Waals surface area contributed by atoms with E-state index in [0.29, 0.717) is 44.6 Å². The van der Waals surface area contributed by atoms with Crippen molar-refractivity contribution in [2.45, 2.75) is 25.2 Å². The summed E-state index contributed by atoms with van der Waals surface area (Å²) in [5.74, 6) is 1.81. The molecule has 0 spiro atoms. The van der Waals surface area contributed by atoms with Crippen LogP contribution in [0, 0.1) is 6.92 Å². The topological polar surface area (TPSA) is 81.1 Å². The summed E-state index contributed by atoms with van der Waals surface area (Å²) in [5, 5.41) is 17.0. The van der Waals surface area contributed by atoms with Gasteiger partial charge in [-0.15, -0.1) is 10.2 Å². The van der Waals surface area contributed by atoms with Crippen LogP contribution in [0.5, 0.6) is 0 Å². The predicted molar refractivity (Wildman–Crippen MR) is 131 cm³/mol. The van der Waals surface area contributed by atoms with Crippen LogP contribution in [0.25, 0.3) is 4.91 Å². The van der Waals surface area contributed by atoms with Gasteiger partial charge in [-0.25, -0.2) is 0 Å². The van der Waals surface area contributed by atoms with E-state index in [1.807, 2.05) is 37.6 Å². The lowest BCUT2D eigenvalue weighted by atomic mass is 10.2. The van der Waals surface area contributed by atoms with Crippen LogP contribution in [-0.4, -0.2) is 37.8 Å². The van der Waals surface area contributed by atoms with Crippen LogP contribution >= 0.6 is 23.5 Å². The number of aromatic nitrogens is 4. The Morgan fingerprint density at radius 3 is 2.53 bits per heavy atom. The Hall–Kier alpha value is -2.99. The van der Waals surface area contributed by atoms with Crippen LogP contribution < -0.4 is 5.32 Å². The molecule has 0 amide bonds. The van der Waals surface area contributed by atoms with Gasteiger partial charge in [0.25, 0.3) is 0 Å². The van der Waals surface area contributed by atoms with Gasteiger partial charge >= 0.3 is 6.18 Å². The molecule has 3 aromatic rings. The molecular weight excluding hydrogens is 485 g/mol. The van der Waals surface area contributed by atoms with Crippen molar-refractivity contribution in [3.63, 3.8) is 0 Å². The minimum Gasteiger partial charge on any atom is -0.361 e. The molecule has 0 saturated heterocycles. The monoisotopic (exact) mass is 508 g/mol. The van der Waals surface area contributed by atoms with E-state index in [0.717, 1.165) is 17.0 Å². The molecule has 180 valence electrons. The molecule has 0 unspecified atom stereocenters. The fourth-order valence-corrected chi connectivity index (χ4v) is 4.45. The Bertz CT molecular complexity index is 1210. The van der Waals surface area contributed by atoms with Gasteiger partial charge < -0.3 is 14.4 Å². The molecule has 0 radical (unpaired) electrons. The zero-order chi connectivity index (χ0) is 24.9. The van der Waals surface area contributed by atoms with E-state index < -0.39 is 11.7 Å². The molecule has 1 N–H and O–H groups in total. The van der Waals surface area contributed by atoms with Gasteiger partial charge in [0.2, 0.25) is 0 Å². The van der Waals surface area contributed by atoms with Crippen LogP contribution in [0.1, 0.15) is 29.8 Å². The second kappa shape index (κ2) is 11.0. The fourth-order valence-electron chi connectivity index (χ4n) is 2.81. The van der Waals surface area contributed by atoms with Crippen molar-refractivity contribution in [3.8, 4) is 0 Å². The quantitative estimate of drug-likeness (QED) is 0.226. The van der Waals surface area contributed by atoms with Gasteiger partial charge in [0.05, 0.1) is 10.5 Å². The van der Waals surface area contributed by atoms with Gasteiger partial charge in [0.1, 0.15) is 16.5 Å². The molecule has 0 saturated carbocycles. The molecule has 2 aromatic heterocycles. The summed E-state index contributed by atoms with van der Waals surface area (Å²) in [6.45, 7) is 7.67. The number of benzene rings is 1. The van der Waals surface area contributed by atoms with Gasteiger partial charge in [-0.1, -0.05) is 41.3 Å². The molecule has 0 fully saturated rings. The van der Waals surface area contributed by atoms with Gasteiger partial charge in [-0.05, 0) is 38.1 Å². The SMILES string of the molecule is C=C(CSc1nnc(/C(=C\C)SC(=NC)c2cc(C)on2)n1C)Nc1ccc(C(F)(F)F)cc1. The number of rotatable bonds is 8. The highest BCUT2D eigenvalue weighted by molar-refractivity contribution is 8.22. The van der Waals surface area contributed by atoms with Crippen LogP contribution in [-0.2, 0) is 13.2 Å². The maximum atomic E-state index is 12.7. The zero-order valence-corrected chi connectivity index (χ0v) is 20.6. The second-order valence-corrected chi connectivity index (χ2v) is 9.04. The van der Waals surface area contributed by atoms with Gasteiger partial charge in [-0.2, -0.15) is 13.2 Å². The average molecular weight is 509 g/mol. The first kappa shape index (κ1) is 25.6. The van der Waals surface area contributed by atoms with Gasteiger partial charge in [-0.3, -0.25) is 4.99 Å². The lowest BCUT2D eigenvalue weighted by molar-refractivity contribution is -0.137. The Kier molecular flexibility index (Phi) is 8.26. The van der Waals surface area contributed by atoms with E-state index in [9.17, 15) is 13.2 Å². The van der Waals surface area contributed by atoms with E-state index in [1.54, 1.807) is 7.05 Å². The summed E-state index contributed by atoms with van der Waals surface area (Å²) in [6.07, 6.45) is -2.44. The van der Waals surface area contributed by atoms with E-state index in [-0.39, 0.29) is 0 Å². The maximum absolute atomic E-state index is 12.7. The van der Waals surface area contributed by atoms with Crippen molar-refractivity contribution < 1.29 is 17.7 Å². The number of hydrogen-bond donors (Lipinski definition) is 1. The highest BCUT2D eigenvalue weighted by Gasteiger charge is 2.30. The number of nitrogens with zero attached hydrogens (tertiary/aromatic N) is 5. The molecule has 7 nitrogen and oxygen atoms in total. The van der Waals surface area contributed by atoms with E-state index >= 15 is 0 Å². The molecule has 34 heavy (non-hydrogen) atoms. The van der Waals surface area contributed by atoms with E-state index in [2.05, 4.69) is 32.2 Å². The van der Waals surface area contributed by atoms with Crippen molar-refractivity contribution in [2.24, 2.45) is 12.0 Å². The molecule has 2 heterocycles. The van der Waals surface area contributed by atoms with E-state index in [1.165, 1.54) is 35.7 Å². The largest absolute Gasteiger partial charge is 0.416 e. The Labute approximate surface area is 203 Å². The summed E-state index contributed by atoms with van der Waals surface area (Å²) in [7, 11) is 3.55. The van der Waals surface area contributed by atoms with Crippen molar-refractivity contribution >= 4 is 39.2 Å². The van der Waals surface area contributed by atoms with Gasteiger partial charge in [0, 0.05) is 37.3 Å². The maximum Gasteiger partial charge on any atom is 0.416 e. The molecule has 0 bridgehead atoms. The second-order valence-electron chi connectivity index (χ2n) is 7.06. The van der Waals surface area contributed by atoms with Crippen LogP contribution in [0.3, 0.4) is 0 Å². The van der Waals surface area contributed by atoms with Crippen molar-refractivity contribution in [1.29, 1.82) is 0 Å². The molecule has 0 aliphatic rings. The summed E-state index contributed by atoms with van der Waals surface area (Å²) in [5.41, 5.74) is 1.10.